The van der Waals surface area contributed by atoms with Gasteiger partial charge in [0.25, 0.3) is 0 Å². The largest absolute Gasteiger partial charge is 0.0826 e. The van der Waals surface area contributed by atoms with Crippen molar-refractivity contribution in [2.45, 2.75) is 37.0 Å². The molecule has 0 N–H and O–H groups in total. The van der Waals surface area contributed by atoms with Gasteiger partial charge in [-0.25, -0.2) is 0 Å². The highest BCUT2D eigenvalue weighted by Gasteiger charge is 1.94. The minimum absolute atomic E-state index is 0.919. The molecule has 1 heteroatoms. The predicted molar refractivity (Wildman–Crippen MR) is 43.0 cm³/mol. The molecule has 0 aliphatic carbocycles. The maximum absolute atomic E-state index is 2.51. The van der Waals surface area contributed by atoms with Gasteiger partial charge in [-0.05, 0) is 12.8 Å². The van der Waals surface area contributed by atoms with Crippen LogP contribution in [0.25, 0.3) is 0 Å². The van der Waals surface area contributed by atoms with Crippen LogP contribution < -0.4 is 0 Å². The zero-order valence-corrected chi connectivity index (χ0v) is 7.23. The summed E-state index contributed by atoms with van der Waals surface area (Å²) in [6.45, 7) is 4.48. The third-order valence-electron chi connectivity index (χ3n) is 1.04. The van der Waals surface area contributed by atoms with Gasteiger partial charge in [0.2, 0.25) is 0 Å². The smallest absolute Gasteiger partial charge is 0.0107 e. The molecule has 1 unspecified atom stereocenters. The second-order valence-electron chi connectivity index (χ2n) is 1.79. The molecule has 0 aromatic rings. The Morgan fingerprint density at radius 3 is 2.14 bits per heavy atom. The zero-order valence-electron chi connectivity index (χ0n) is 5.08. The van der Waals surface area contributed by atoms with E-state index in [4.69, 9.17) is 0 Å². The Hall–Kier alpha value is 0.730. The van der Waals surface area contributed by atoms with Crippen molar-refractivity contribution in [2.24, 2.45) is 0 Å². The quantitative estimate of drug-likeness (QED) is 0.498. The SMILES string of the molecule is CCCC(I)CC. The Morgan fingerprint density at radius 1 is 1.43 bits per heavy atom. The molecule has 0 aliphatic rings. The van der Waals surface area contributed by atoms with Gasteiger partial charge in [0.05, 0.1) is 0 Å². The van der Waals surface area contributed by atoms with Crippen molar-refractivity contribution >= 4 is 22.6 Å². The van der Waals surface area contributed by atoms with E-state index in [0.717, 1.165) is 3.92 Å². The Kier molecular flexibility index (Phi) is 5.39. The van der Waals surface area contributed by atoms with Crippen molar-refractivity contribution in [3.63, 3.8) is 0 Å². The molecule has 0 aromatic heterocycles. The molecule has 0 rings (SSSR count). The minimum Gasteiger partial charge on any atom is -0.0826 e. The topological polar surface area (TPSA) is 0 Å². The number of rotatable bonds is 3. The molecule has 0 saturated carbocycles. The summed E-state index contributed by atoms with van der Waals surface area (Å²) in [5.74, 6) is 0. The predicted octanol–water partition coefficient (Wildman–Crippen LogP) is 3.00. The Morgan fingerprint density at radius 2 is 2.00 bits per heavy atom. The van der Waals surface area contributed by atoms with Gasteiger partial charge in [-0.2, -0.15) is 0 Å². The highest BCUT2D eigenvalue weighted by Crippen LogP contribution is 2.10. The second kappa shape index (κ2) is 4.88. The van der Waals surface area contributed by atoms with Crippen molar-refractivity contribution in [3.05, 3.63) is 0 Å². The first-order chi connectivity index (χ1) is 3.31. The van der Waals surface area contributed by atoms with Crippen molar-refractivity contribution in [1.82, 2.24) is 0 Å². The Bertz CT molecular complexity index is 35.2. The van der Waals surface area contributed by atoms with E-state index < -0.39 is 0 Å². The number of hydrogen-bond donors (Lipinski definition) is 0. The van der Waals surface area contributed by atoms with Crippen LogP contribution in [0.5, 0.6) is 0 Å². The maximum atomic E-state index is 2.51. The van der Waals surface area contributed by atoms with Gasteiger partial charge in [0.15, 0.2) is 0 Å². The zero-order chi connectivity index (χ0) is 5.70. The molecule has 0 fully saturated rings. The van der Waals surface area contributed by atoms with Crippen LogP contribution in [0, 0.1) is 0 Å². The van der Waals surface area contributed by atoms with Crippen molar-refractivity contribution in [3.8, 4) is 0 Å². The first-order valence-electron chi connectivity index (χ1n) is 2.95. The van der Waals surface area contributed by atoms with Gasteiger partial charge >= 0.3 is 0 Å². The molecular formula is C6H13I. The average Bonchev–Trinajstić information content (AvgIpc) is 1.68. The van der Waals surface area contributed by atoms with E-state index in [0.29, 0.717) is 0 Å². The summed E-state index contributed by atoms with van der Waals surface area (Å²) in [7, 11) is 0. The summed E-state index contributed by atoms with van der Waals surface area (Å²) in [4.78, 5) is 0. The van der Waals surface area contributed by atoms with Crippen LogP contribution >= 0.6 is 22.6 Å². The lowest BCUT2D eigenvalue weighted by molar-refractivity contribution is 0.741. The summed E-state index contributed by atoms with van der Waals surface area (Å²) in [5.41, 5.74) is 0. The second-order valence-corrected chi connectivity index (χ2v) is 3.56. The fourth-order valence-corrected chi connectivity index (χ4v) is 1.14. The molecule has 0 bridgehead atoms. The fourth-order valence-electron chi connectivity index (χ4n) is 0.517. The van der Waals surface area contributed by atoms with Gasteiger partial charge in [-0.1, -0.05) is 42.9 Å². The lowest BCUT2D eigenvalue weighted by atomic mass is 10.2. The molecule has 0 amide bonds. The summed E-state index contributed by atoms with van der Waals surface area (Å²) < 4.78 is 0.919. The minimum atomic E-state index is 0.919. The van der Waals surface area contributed by atoms with Gasteiger partial charge in [0.1, 0.15) is 0 Å². The molecule has 0 aliphatic heterocycles. The van der Waals surface area contributed by atoms with Gasteiger partial charge in [0, 0.05) is 3.92 Å². The molecule has 0 nitrogen and oxygen atoms in total. The van der Waals surface area contributed by atoms with Crippen LogP contribution in [-0.4, -0.2) is 3.92 Å². The summed E-state index contributed by atoms with van der Waals surface area (Å²) in [6, 6.07) is 0. The number of alkyl halides is 1. The van der Waals surface area contributed by atoms with E-state index in [2.05, 4.69) is 36.4 Å². The van der Waals surface area contributed by atoms with Crippen LogP contribution in [0.4, 0.5) is 0 Å². The standard InChI is InChI=1S/C6H13I/c1-3-5-6(7)4-2/h6H,3-5H2,1-2H3. The third kappa shape index (κ3) is 4.59. The molecule has 7 heavy (non-hydrogen) atoms. The first-order valence-corrected chi connectivity index (χ1v) is 4.19. The average molecular weight is 212 g/mol. The van der Waals surface area contributed by atoms with Crippen LogP contribution in [0.1, 0.15) is 33.1 Å². The number of halogens is 1. The Balaban J connectivity index is 2.83. The van der Waals surface area contributed by atoms with Gasteiger partial charge in [-0.3, -0.25) is 0 Å². The highest BCUT2D eigenvalue weighted by molar-refractivity contribution is 14.1. The Labute approximate surface area is 59.8 Å². The van der Waals surface area contributed by atoms with E-state index in [9.17, 15) is 0 Å². The molecule has 0 aromatic carbocycles. The molecule has 0 radical (unpaired) electrons. The lowest BCUT2D eigenvalue weighted by Gasteiger charge is -2.00. The van der Waals surface area contributed by atoms with Gasteiger partial charge < -0.3 is 0 Å². The molecule has 0 heterocycles. The molecule has 44 valence electrons. The maximum Gasteiger partial charge on any atom is 0.0107 e. The van der Waals surface area contributed by atoms with Crippen molar-refractivity contribution in [1.29, 1.82) is 0 Å². The monoisotopic (exact) mass is 212 g/mol. The lowest BCUT2D eigenvalue weighted by Crippen LogP contribution is -1.91. The summed E-state index contributed by atoms with van der Waals surface area (Å²) >= 11 is 2.51. The highest BCUT2D eigenvalue weighted by atomic mass is 127. The van der Waals surface area contributed by atoms with Crippen LogP contribution in [0.15, 0.2) is 0 Å². The van der Waals surface area contributed by atoms with Crippen LogP contribution in [0.2, 0.25) is 0 Å². The van der Waals surface area contributed by atoms with E-state index in [1.807, 2.05) is 0 Å². The summed E-state index contributed by atoms with van der Waals surface area (Å²) in [5, 5.41) is 0. The van der Waals surface area contributed by atoms with Crippen LogP contribution in [-0.2, 0) is 0 Å². The van der Waals surface area contributed by atoms with Crippen molar-refractivity contribution < 1.29 is 0 Å². The van der Waals surface area contributed by atoms with Crippen molar-refractivity contribution in [2.75, 3.05) is 0 Å². The van der Waals surface area contributed by atoms with Crippen LogP contribution in [0.3, 0.4) is 0 Å². The number of hydrogen-bond acceptors (Lipinski definition) is 0. The van der Waals surface area contributed by atoms with E-state index in [-0.39, 0.29) is 0 Å². The normalized spacial score (nSPS) is 14.1. The van der Waals surface area contributed by atoms with E-state index in [1.54, 1.807) is 0 Å². The van der Waals surface area contributed by atoms with E-state index in [1.165, 1.54) is 19.3 Å². The van der Waals surface area contributed by atoms with E-state index >= 15 is 0 Å². The first kappa shape index (κ1) is 7.73. The molecule has 1 atom stereocenters. The van der Waals surface area contributed by atoms with Gasteiger partial charge in [-0.15, -0.1) is 0 Å². The molecular weight excluding hydrogens is 199 g/mol. The molecule has 0 saturated heterocycles. The molecule has 0 spiro atoms. The fraction of sp³-hybridized carbons (Fsp3) is 1.00. The summed E-state index contributed by atoms with van der Waals surface area (Å²) in [6.07, 6.45) is 4.05. The third-order valence-corrected chi connectivity index (χ3v) is 2.55.